The molecular weight excluding hydrogens is 368 g/mol. The van der Waals surface area contributed by atoms with Gasteiger partial charge in [0.2, 0.25) is 0 Å². The van der Waals surface area contributed by atoms with Crippen molar-refractivity contribution in [3.63, 3.8) is 0 Å². The first-order valence-corrected chi connectivity index (χ1v) is 10.0. The van der Waals surface area contributed by atoms with E-state index in [-0.39, 0.29) is 5.78 Å². The normalized spacial score (nSPS) is 15.9. The second-order valence-corrected chi connectivity index (χ2v) is 7.41. The lowest BCUT2D eigenvalue weighted by molar-refractivity contribution is 0.00910. The summed E-state index contributed by atoms with van der Waals surface area (Å²) in [6, 6.07) is 15.5. The quantitative estimate of drug-likeness (QED) is 0.655. The Morgan fingerprint density at radius 3 is 2.48 bits per heavy atom. The molecule has 1 atom stereocenters. The lowest BCUT2D eigenvalue weighted by atomic mass is 10.1. The minimum Gasteiger partial charge on any atom is -0.497 e. The van der Waals surface area contributed by atoms with Crippen LogP contribution in [0.5, 0.6) is 5.75 Å². The highest BCUT2D eigenvalue weighted by Gasteiger charge is 2.19. The fourth-order valence-corrected chi connectivity index (χ4v) is 3.52. The summed E-state index contributed by atoms with van der Waals surface area (Å²) in [5.41, 5.74) is 2.90. The minimum atomic E-state index is -0.512. The van der Waals surface area contributed by atoms with Crippen LogP contribution in [0.25, 0.3) is 0 Å². The van der Waals surface area contributed by atoms with Crippen molar-refractivity contribution >= 4 is 11.5 Å². The zero-order valence-electron chi connectivity index (χ0n) is 17.2. The third-order valence-corrected chi connectivity index (χ3v) is 5.19. The number of Topliss-reactive ketones (excluding diaryl/α,β-unsaturated/α-hetero) is 1. The monoisotopic (exact) mass is 398 g/mol. The van der Waals surface area contributed by atoms with E-state index in [1.54, 1.807) is 14.0 Å². The molecular formula is C23H30N2O4. The number of nitrogens with zero attached hydrogens (tertiary/aromatic N) is 2. The number of anilines is 1. The van der Waals surface area contributed by atoms with Crippen LogP contribution in [0.4, 0.5) is 5.69 Å². The Morgan fingerprint density at radius 2 is 1.83 bits per heavy atom. The molecule has 0 aromatic heterocycles. The molecule has 2 aromatic carbocycles. The number of carbonyl (C=O) groups is 1. The molecule has 0 bridgehead atoms. The van der Waals surface area contributed by atoms with Crippen LogP contribution < -0.4 is 9.64 Å². The van der Waals surface area contributed by atoms with Gasteiger partial charge in [0, 0.05) is 44.0 Å². The summed E-state index contributed by atoms with van der Waals surface area (Å²) in [4.78, 5) is 16.0. The van der Waals surface area contributed by atoms with Crippen molar-refractivity contribution in [1.29, 1.82) is 0 Å². The number of aliphatic hydroxyl groups is 1. The van der Waals surface area contributed by atoms with Gasteiger partial charge in [-0.3, -0.25) is 9.69 Å². The number of hydrogen-bond donors (Lipinski definition) is 1. The molecule has 1 aliphatic rings. The van der Waals surface area contributed by atoms with Crippen molar-refractivity contribution in [2.75, 3.05) is 51.3 Å². The summed E-state index contributed by atoms with van der Waals surface area (Å²) in [5.74, 6) is 0.893. The first-order valence-electron chi connectivity index (χ1n) is 10.0. The maximum absolute atomic E-state index is 11.4. The maximum Gasteiger partial charge on any atom is 0.159 e. The van der Waals surface area contributed by atoms with E-state index in [4.69, 9.17) is 9.47 Å². The van der Waals surface area contributed by atoms with Crippen molar-refractivity contribution in [2.24, 2.45) is 0 Å². The number of methoxy groups -OCH3 is 1. The van der Waals surface area contributed by atoms with Gasteiger partial charge in [0.25, 0.3) is 0 Å². The average Bonchev–Trinajstić information content (AvgIpc) is 2.74. The number of carbonyl (C=O) groups excluding carboxylic acids is 1. The Balaban J connectivity index is 1.38. The van der Waals surface area contributed by atoms with Crippen LogP contribution in [0.1, 0.15) is 22.8 Å². The third-order valence-electron chi connectivity index (χ3n) is 5.19. The van der Waals surface area contributed by atoms with Gasteiger partial charge in [-0.15, -0.1) is 0 Å². The Hall–Kier alpha value is -2.41. The van der Waals surface area contributed by atoms with Crippen LogP contribution >= 0.6 is 0 Å². The predicted octanol–water partition coefficient (Wildman–Crippen LogP) is 2.60. The van der Waals surface area contributed by atoms with Gasteiger partial charge in [0.05, 0.1) is 26.4 Å². The number of β-amino-alcohol motifs (C(OH)–C–C–N with tert-alkyl or cyclic N) is 1. The fourth-order valence-electron chi connectivity index (χ4n) is 3.52. The van der Waals surface area contributed by atoms with Gasteiger partial charge in [-0.2, -0.15) is 0 Å². The van der Waals surface area contributed by atoms with Crippen molar-refractivity contribution in [1.82, 2.24) is 4.90 Å². The van der Waals surface area contributed by atoms with E-state index in [9.17, 15) is 9.90 Å². The molecule has 156 valence electrons. The highest BCUT2D eigenvalue weighted by Crippen LogP contribution is 2.18. The number of benzene rings is 2. The van der Waals surface area contributed by atoms with Gasteiger partial charge < -0.3 is 19.5 Å². The highest BCUT2D eigenvalue weighted by molar-refractivity contribution is 5.94. The van der Waals surface area contributed by atoms with Crippen LogP contribution in [0.3, 0.4) is 0 Å². The van der Waals surface area contributed by atoms with Gasteiger partial charge in [-0.1, -0.05) is 12.1 Å². The van der Waals surface area contributed by atoms with E-state index >= 15 is 0 Å². The molecule has 0 saturated carbocycles. The van der Waals surface area contributed by atoms with Gasteiger partial charge in [0.1, 0.15) is 5.75 Å². The van der Waals surface area contributed by atoms with Crippen molar-refractivity contribution in [2.45, 2.75) is 19.6 Å². The number of piperazine rings is 1. The van der Waals surface area contributed by atoms with E-state index in [1.165, 1.54) is 0 Å². The predicted molar refractivity (Wildman–Crippen MR) is 114 cm³/mol. The second-order valence-electron chi connectivity index (χ2n) is 7.41. The van der Waals surface area contributed by atoms with Gasteiger partial charge in [-0.25, -0.2) is 0 Å². The summed E-state index contributed by atoms with van der Waals surface area (Å²) >= 11 is 0. The number of hydrogen-bond acceptors (Lipinski definition) is 6. The Bertz CT molecular complexity index is 786. The number of ketones is 1. The van der Waals surface area contributed by atoms with E-state index in [0.717, 1.165) is 48.7 Å². The second kappa shape index (κ2) is 10.4. The van der Waals surface area contributed by atoms with Crippen LogP contribution in [-0.2, 0) is 11.3 Å². The lowest BCUT2D eigenvalue weighted by Crippen LogP contribution is -2.49. The first kappa shape index (κ1) is 21.3. The van der Waals surface area contributed by atoms with Gasteiger partial charge in [-0.05, 0) is 48.9 Å². The number of rotatable bonds is 9. The number of aliphatic hydroxyl groups excluding tert-OH is 1. The SMILES string of the molecule is COc1cccc(COC[C@@H](O)CN2CCN(c3ccc(C(C)=O)cc3)CC2)c1. The van der Waals surface area contributed by atoms with Crippen LogP contribution in [0.15, 0.2) is 48.5 Å². The molecule has 0 amide bonds. The standard InChI is InChI=1S/C23H30N2O4/c1-18(26)20-6-8-21(9-7-20)25-12-10-24(11-13-25)15-22(27)17-29-16-19-4-3-5-23(14-19)28-2/h3-9,14,22,27H,10-13,15-17H2,1-2H3/t22-/m0/s1. The molecule has 0 radical (unpaired) electrons. The molecule has 1 fully saturated rings. The summed E-state index contributed by atoms with van der Waals surface area (Å²) < 4.78 is 10.9. The summed E-state index contributed by atoms with van der Waals surface area (Å²) in [6.45, 7) is 6.54. The molecule has 0 spiro atoms. The molecule has 6 heteroatoms. The summed E-state index contributed by atoms with van der Waals surface area (Å²) in [5, 5.41) is 10.3. The topological polar surface area (TPSA) is 62.2 Å². The van der Waals surface area contributed by atoms with Crippen LogP contribution in [0, 0.1) is 0 Å². The van der Waals surface area contributed by atoms with Crippen LogP contribution in [-0.4, -0.2) is 68.3 Å². The first-order chi connectivity index (χ1) is 14.0. The molecule has 1 saturated heterocycles. The number of ether oxygens (including phenoxy) is 2. The molecule has 3 rings (SSSR count). The van der Waals surface area contributed by atoms with Crippen molar-refractivity contribution < 1.29 is 19.4 Å². The summed E-state index contributed by atoms with van der Waals surface area (Å²) in [7, 11) is 1.64. The van der Waals surface area contributed by atoms with Crippen LogP contribution in [0.2, 0.25) is 0 Å². The van der Waals surface area contributed by atoms with E-state index in [1.807, 2.05) is 48.5 Å². The maximum atomic E-state index is 11.4. The molecule has 0 unspecified atom stereocenters. The zero-order chi connectivity index (χ0) is 20.6. The average molecular weight is 399 g/mol. The van der Waals surface area contributed by atoms with E-state index in [2.05, 4.69) is 9.80 Å². The molecule has 29 heavy (non-hydrogen) atoms. The largest absolute Gasteiger partial charge is 0.497 e. The van der Waals surface area contributed by atoms with Crippen molar-refractivity contribution in [3.05, 3.63) is 59.7 Å². The highest BCUT2D eigenvalue weighted by atomic mass is 16.5. The van der Waals surface area contributed by atoms with E-state index in [0.29, 0.717) is 19.8 Å². The third kappa shape index (κ3) is 6.29. The Morgan fingerprint density at radius 1 is 1.10 bits per heavy atom. The lowest BCUT2D eigenvalue weighted by Gasteiger charge is -2.36. The molecule has 1 N–H and O–H groups in total. The zero-order valence-corrected chi connectivity index (χ0v) is 17.2. The molecule has 0 aliphatic carbocycles. The molecule has 6 nitrogen and oxygen atoms in total. The fraction of sp³-hybridized carbons (Fsp3) is 0.435. The summed E-state index contributed by atoms with van der Waals surface area (Å²) in [6.07, 6.45) is -0.512. The minimum absolute atomic E-state index is 0.0870. The Labute approximate surface area is 172 Å². The smallest absolute Gasteiger partial charge is 0.159 e. The molecule has 2 aromatic rings. The Kier molecular flexibility index (Phi) is 7.63. The van der Waals surface area contributed by atoms with E-state index < -0.39 is 6.10 Å². The van der Waals surface area contributed by atoms with Gasteiger partial charge in [0.15, 0.2) is 5.78 Å². The van der Waals surface area contributed by atoms with Crippen molar-refractivity contribution in [3.8, 4) is 5.75 Å². The van der Waals surface area contributed by atoms with Gasteiger partial charge >= 0.3 is 0 Å². The molecule has 1 aliphatic heterocycles. The molecule has 1 heterocycles.